The standard InChI is InChI=1S/C11H21F3N2O/c1-3-9(15)10(11(12,13)14)16(6-7-17-2)8-4-5-8/h8-10H,3-7,15H2,1-2H3. The molecule has 0 saturated heterocycles. The van der Waals surface area contributed by atoms with E-state index in [1.54, 1.807) is 6.92 Å². The number of rotatable bonds is 7. The van der Waals surface area contributed by atoms with Crippen LogP contribution in [-0.4, -0.2) is 49.5 Å². The molecule has 17 heavy (non-hydrogen) atoms. The van der Waals surface area contributed by atoms with Crippen molar-refractivity contribution in [1.82, 2.24) is 4.90 Å². The van der Waals surface area contributed by atoms with Crippen LogP contribution in [0.3, 0.4) is 0 Å². The normalized spacial score (nSPS) is 20.6. The first-order valence-corrected chi connectivity index (χ1v) is 5.98. The molecule has 2 atom stereocenters. The molecule has 1 fully saturated rings. The number of nitrogens with two attached hydrogens (primary N) is 1. The van der Waals surface area contributed by atoms with E-state index >= 15 is 0 Å². The third-order valence-electron chi connectivity index (χ3n) is 3.14. The monoisotopic (exact) mass is 254 g/mol. The number of halogens is 3. The maximum atomic E-state index is 13.1. The average Bonchev–Trinajstić information content (AvgIpc) is 3.05. The minimum Gasteiger partial charge on any atom is -0.383 e. The van der Waals surface area contributed by atoms with Crippen LogP contribution in [0.2, 0.25) is 0 Å². The van der Waals surface area contributed by atoms with Crippen LogP contribution in [0.25, 0.3) is 0 Å². The van der Waals surface area contributed by atoms with Gasteiger partial charge in [-0.25, -0.2) is 0 Å². The van der Waals surface area contributed by atoms with Crippen molar-refractivity contribution in [3.63, 3.8) is 0 Å². The predicted octanol–water partition coefficient (Wildman–Crippen LogP) is 1.77. The highest BCUT2D eigenvalue weighted by molar-refractivity contribution is 4.95. The second-order valence-electron chi connectivity index (χ2n) is 4.52. The van der Waals surface area contributed by atoms with Crippen LogP contribution in [0.1, 0.15) is 26.2 Å². The highest BCUT2D eigenvalue weighted by Crippen LogP contribution is 2.36. The minimum atomic E-state index is -4.27. The van der Waals surface area contributed by atoms with Gasteiger partial charge in [0.15, 0.2) is 0 Å². The summed E-state index contributed by atoms with van der Waals surface area (Å²) in [6.07, 6.45) is -2.30. The average molecular weight is 254 g/mol. The van der Waals surface area contributed by atoms with Gasteiger partial charge in [-0.2, -0.15) is 13.2 Å². The van der Waals surface area contributed by atoms with Crippen molar-refractivity contribution in [2.24, 2.45) is 5.73 Å². The topological polar surface area (TPSA) is 38.5 Å². The molecule has 3 nitrogen and oxygen atoms in total. The Labute approximate surface area is 100 Å². The van der Waals surface area contributed by atoms with E-state index < -0.39 is 18.3 Å². The lowest BCUT2D eigenvalue weighted by molar-refractivity contribution is -0.192. The Kier molecular flexibility index (Phi) is 5.22. The van der Waals surface area contributed by atoms with Crippen LogP contribution in [0.5, 0.6) is 0 Å². The summed E-state index contributed by atoms with van der Waals surface area (Å²) in [5.41, 5.74) is 5.64. The third kappa shape index (κ3) is 4.12. The van der Waals surface area contributed by atoms with Gasteiger partial charge in [-0.3, -0.25) is 4.90 Å². The zero-order valence-corrected chi connectivity index (χ0v) is 10.3. The first kappa shape index (κ1) is 14.7. The minimum absolute atomic E-state index is 0.0226. The Morgan fingerprint density at radius 3 is 2.35 bits per heavy atom. The van der Waals surface area contributed by atoms with Crippen molar-refractivity contribution in [1.29, 1.82) is 0 Å². The maximum absolute atomic E-state index is 13.1. The van der Waals surface area contributed by atoms with E-state index in [4.69, 9.17) is 10.5 Å². The molecule has 0 aliphatic heterocycles. The van der Waals surface area contributed by atoms with Crippen molar-refractivity contribution in [2.75, 3.05) is 20.3 Å². The molecule has 1 aliphatic rings. The molecular weight excluding hydrogens is 233 g/mol. The second-order valence-corrected chi connectivity index (χ2v) is 4.52. The summed E-state index contributed by atoms with van der Waals surface area (Å²) in [4.78, 5) is 1.47. The van der Waals surface area contributed by atoms with Gasteiger partial charge >= 0.3 is 6.18 Å². The molecule has 1 aliphatic carbocycles. The molecule has 2 unspecified atom stereocenters. The summed E-state index contributed by atoms with van der Waals surface area (Å²) < 4.78 is 44.1. The number of nitrogens with zero attached hydrogens (tertiary/aromatic N) is 1. The van der Waals surface area contributed by atoms with Crippen LogP contribution >= 0.6 is 0 Å². The number of hydrogen-bond acceptors (Lipinski definition) is 3. The van der Waals surface area contributed by atoms with Crippen LogP contribution in [0.4, 0.5) is 13.2 Å². The zero-order chi connectivity index (χ0) is 13.1. The molecule has 0 aromatic heterocycles. The van der Waals surface area contributed by atoms with E-state index in [1.807, 2.05) is 0 Å². The summed E-state index contributed by atoms with van der Waals surface area (Å²) in [5, 5.41) is 0. The van der Waals surface area contributed by atoms with E-state index in [2.05, 4.69) is 0 Å². The molecule has 2 N–H and O–H groups in total. The van der Waals surface area contributed by atoms with Gasteiger partial charge in [-0.1, -0.05) is 6.92 Å². The molecule has 1 rings (SSSR count). The molecule has 0 spiro atoms. The predicted molar refractivity (Wildman–Crippen MR) is 59.7 cm³/mol. The largest absolute Gasteiger partial charge is 0.405 e. The van der Waals surface area contributed by atoms with E-state index in [9.17, 15) is 13.2 Å². The van der Waals surface area contributed by atoms with Gasteiger partial charge in [-0.05, 0) is 19.3 Å². The SMILES string of the molecule is CCC(N)C(N(CCOC)C1CC1)C(F)(F)F. The first-order chi connectivity index (χ1) is 7.91. The molecule has 0 aromatic carbocycles. The fraction of sp³-hybridized carbons (Fsp3) is 1.00. The Hall–Kier alpha value is -0.330. The van der Waals surface area contributed by atoms with Crippen molar-refractivity contribution in [3.8, 4) is 0 Å². The third-order valence-corrected chi connectivity index (χ3v) is 3.14. The summed E-state index contributed by atoms with van der Waals surface area (Å²) in [7, 11) is 1.49. The van der Waals surface area contributed by atoms with Gasteiger partial charge in [-0.15, -0.1) is 0 Å². The summed E-state index contributed by atoms with van der Waals surface area (Å²) in [6.45, 7) is 2.28. The van der Waals surface area contributed by atoms with Crippen LogP contribution in [0.15, 0.2) is 0 Å². The molecular formula is C11H21F3N2O. The van der Waals surface area contributed by atoms with Crippen LogP contribution in [0, 0.1) is 0 Å². The Bertz CT molecular complexity index is 231. The van der Waals surface area contributed by atoms with Crippen molar-refractivity contribution in [2.45, 2.75) is 50.5 Å². The van der Waals surface area contributed by atoms with Crippen molar-refractivity contribution < 1.29 is 17.9 Å². The van der Waals surface area contributed by atoms with Gasteiger partial charge in [0.2, 0.25) is 0 Å². The molecule has 0 bridgehead atoms. The first-order valence-electron chi connectivity index (χ1n) is 5.98. The lowest BCUT2D eigenvalue weighted by atomic mass is 10.0. The lowest BCUT2D eigenvalue weighted by Gasteiger charge is -2.36. The smallest absolute Gasteiger partial charge is 0.383 e. The van der Waals surface area contributed by atoms with E-state index in [0.717, 1.165) is 12.8 Å². The Morgan fingerprint density at radius 1 is 1.41 bits per heavy atom. The highest BCUT2D eigenvalue weighted by Gasteiger charge is 2.50. The van der Waals surface area contributed by atoms with Crippen molar-refractivity contribution in [3.05, 3.63) is 0 Å². The van der Waals surface area contributed by atoms with Gasteiger partial charge < -0.3 is 10.5 Å². The summed E-state index contributed by atoms with van der Waals surface area (Å²) in [6, 6.07) is -2.39. The van der Waals surface area contributed by atoms with E-state index in [1.165, 1.54) is 12.0 Å². The number of hydrogen-bond donors (Lipinski definition) is 1. The molecule has 102 valence electrons. The fourth-order valence-corrected chi connectivity index (χ4v) is 2.05. The van der Waals surface area contributed by atoms with Gasteiger partial charge in [0.1, 0.15) is 6.04 Å². The molecule has 0 amide bonds. The second kappa shape index (κ2) is 6.02. The van der Waals surface area contributed by atoms with Crippen LogP contribution < -0.4 is 5.73 Å². The Balaban J connectivity index is 2.76. The summed E-state index contributed by atoms with van der Waals surface area (Å²) in [5.74, 6) is 0. The van der Waals surface area contributed by atoms with Crippen LogP contribution in [-0.2, 0) is 4.74 Å². The molecule has 0 heterocycles. The van der Waals surface area contributed by atoms with E-state index in [0.29, 0.717) is 19.6 Å². The number of ether oxygens (including phenoxy) is 1. The van der Waals surface area contributed by atoms with Gasteiger partial charge in [0.25, 0.3) is 0 Å². The molecule has 0 aromatic rings. The van der Waals surface area contributed by atoms with E-state index in [-0.39, 0.29) is 6.04 Å². The fourth-order valence-electron chi connectivity index (χ4n) is 2.05. The highest BCUT2D eigenvalue weighted by atomic mass is 19.4. The van der Waals surface area contributed by atoms with Crippen molar-refractivity contribution >= 4 is 0 Å². The molecule has 0 radical (unpaired) electrons. The molecule has 6 heteroatoms. The molecule has 1 saturated carbocycles. The zero-order valence-electron chi connectivity index (χ0n) is 10.3. The Morgan fingerprint density at radius 2 is 2.00 bits per heavy atom. The number of alkyl halides is 3. The maximum Gasteiger partial charge on any atom is 0.405 e. The van der Waals surface area contributed by atoms with Gasteiger partial charge in [0, 0.05) is 25.7 Å². The van der Waals surface area contributed by atoms with Gasteiger partial charge in [0.05, 0.1) is 6.61 Å². The number of methoxy groups -OCH3 is 1. The summed E-state index contributed by atoms with van der Waals surface area (Å²) >= 11 is 0. The quantitative estimate of drug-likeness (QED) is 0.752. The lowest BCUT2D eigenvalue weighted by Crippen LogP contribution is -2.57.